The van der Waals surface area contributed by atoms with Crippen molar-refractivity contribution in [2.24, 2.45) is 0 Å². The monoisotopic (exact) mass is 342 g/mol. The molecule has 0 spiro atoms. The minimum absolute atomic E-state index is 0.131. The normalized spacial score (nSPS) is 11.8. The third kappa shape index (κ3) is 2.80. The lowest BCUT2D eigenvalue weighted by Gasteiger charge is -1.98. The van der Waals surface area contributed by atoms with E-state index >= 15 is 0 Å². The van der Waals surface area contributed by atoms with E-state index in [1.165, 1.54) is 4.68 Å². The number of benzene rings is 2. The topological polar surface area (TPSA) is 55.6 Å². The van der Waals surface area contributed by atoms with Crippen LogP contribution >= 0.6 is 0 Å². The average Bonchev–Trinajstić information content (AvgIpc) is 3.18. The van der Waals surface area contributed by atoms with Gasteiger partial charge in [0.1, 0.15) is 0 Å². The molecule has 128 valence electrons. The predicted molar refractivity (Wildman–Crippen MR) is 103 cm³/mol. The number of aromatic amines is 1. The number of aromatic nitrogens is 4. The molecular weight excluding hydrogens is 324 g/mol. The maximum atomic E-state index is 12.8. The molecule has 0 radical (unpaired) electrons. The van der Waals surface area contributed by atoms with Gasteiger partial charge < -0.3 is 0 Å². The first-order valence-electron chi connectivity index (χ1n) is 8.32. The Kier molecular flexibility index (Phi) is 3.89. The maximum absolute atomic E-state index is 12.8. The van der Waals surface area contributed by atoms with Crippen molar-refractivity contribution in [3.63, 3.8) is 0 Å². The van der Waals surface area contributed by atoms with Crippen LogP contribution in [0.15, 0.2) is 71.7 Å². The van der Waals surface area contributed by atoms with Gasteiger partial charge in [0.25, 0.3) is 5.56 Å². The van der Waals surface area contributed by atoms with Gasteiger partial charge in [-0.3, -0.25) is 9.89 Å². The van der Waals surface area contributed by atoms with Gasteiger partial charge in [0.05, 0.1) is 27.6 Å². The molecule has 2 heterocycles. The molecule has 0 aliphatic heterocycles. The molecule has 0 atom stereocenters. The molecule has 0 bridgehead atoms. The second-order valence-electron chi connectivity index (χ2n) is 6.07. The van der Waals surface area contributed by atoms with E-state index in [1.807, 2.05) is 84.5 Å². The molecule has 1 N–H and O–H groups in total. The van der Waals surface area contributed by atoms with E-state index in [1.54, 1.807) is 0 Å². The number of nitrogens with one attached hydrogen (secondary N) is 1. The van der Waals surface area contributed by atoms with E-state index in [0.717, 1.165) is 22.6 Å². The van der Waals surface area contributed by atoms with Gasteiger partial charge >= 0.3 is 0 Å². The number of hydrogen-bond donors (Lipinski definition) is 1. The van der Waals surface area contributed by atoms with Gasteiger partial charge in [-0.2, -0.15) is 5.10 Å². The molecule has 4 rings (SSSR count). The summed E-state index contributed by atoms with van der Waals surface area (Å²) in [4.78, 5) is 12.8. The van der Waals surface area contributed by atoms with Crippen molar-refractivity contribution in [1.29, 1.82) is 0 Å². The minimum atomic E-state index is -0.131. The summed E-state index contributed by atoms with van der Waals surface area (Å²) in [7, 11) is 0. The van der Waals surface area contributed by atoms with Gasteiger partial charge in [0.2, 0.25) is 0 Å². The Balaban J connectivity index is 1.84. The smallest absolute Gasteiger partial charge is 0.279 e. The van der Waals surface area contributed by atoms with Gasteiger partial charge in [-0.15, -0.1) is 0 Å². The molecule has 0 fully saturated rings. The van der Waals surface area contributed by atoms with Crippen LogP contribution in [0.5, 0.6) is 0 Å². The number of hydrogen-bond acceptors (Lipinski definition) is 2. The second kappa shape index (κ2) is 6.37. The van der Waals surface area contributed by atoms with Crippen molar-refractivity contribution in [3.8, 4) is 11.4 Å². The van der Waals surface area contributed by atoms with Crippen LogP contribution in [0.25, 0.3) is 24.0 Å². The molecule has 0 amide bonds. The summed E-state index contributed by atoms with van der Waals surface area (Å²) in [5, 5.41) is 8.70. The summed E-state index contributed by atoms with van der Waals surface area (Å²) in [6.45, 7) is 5.91. The van der Waals surface area contributed by atoms with Gasteiger partial charge in [0.15, 0.2) is 0 Å². The fraction of sp³-hybridized carbons (Fsp3) is 0.0476. The van der Waals surface area contributed by atoms with Crippen LogP contribution in [0.3, 0.4) is 0 Å². The Labute approximate surface area is 150 Å². The minimum Gasteiger partial charge on any atom is -0.291 e. The Bertz CT molecular complexity index is 1210. The van der Waals surface area contributed by atoms with Crippen LogP contribution in [0.4, 0.5) is 0 Å². The van der Waals surface area contributed by atoms with E-state index in [9.17, 15) is 4.79 Å². The summed E-state index contributed by atoms with van der Waals surface area (Å²) < 4.78 is 3.32. The number of rotatable bonds is 3. The van der Waals surface area contributed by atoms with Crippen molar-refractivity contribution in [3.05, 3.63) is 99.0 Å². The Morgan fingerprint density at radius 3 is 2.27 bits per heavy atom. The highest BCUT2D eigenvalue weighted by Gasteiger charge is 2.08. The lowest BCUT2D eigenvalue weighted by atomic mass is 10.2. The van der Waals surface area contributed by atoms with Crippen LogP contribution in [-0.2, 0) is 0 Å². The van der Waals surface area contributed by atoms with Gasteiger partial charge in [-0.25, -0.2) is 9.36 Å². The standard InChI is InChI=1S/C21H18N4O/c1-15-17(14-24(22-15)18-9-5-3-6-10-18)13-20-16(2)23-25(21(20)26)19-11-7-4-8-12-19/h3-14,23H,2H2,1H3/b20-13-. The zero-order valence-corrected chi connectivity index (χ0v) is 14.4. The van der Waals surface area contributed by atoms with E-state index < -0.39 is 0 Å². The summed E-state index contributed by atoms with van der Waals surface area (Å²) >= 11 is 0. The average molecular weight is 342 g/mol. The number of para-hydroxylation sites is 2. The third-order valence-corrected chi connectivity index (χ3v) is 4.28. The molecule has 0 unspecified atom stereocenters. The largest absolute Gasteiger partial charge is 0.291 e. The summed E-state index contributed by atoms with van der Waals surface area (Å²) in [6.07, 6.45) is 3.76. The molecule has 0 aliphatic rings. The first-order chi connectivity index (χ1) is 12.6. The van der Waals surface area contributed by atoms with Crippen molar-refractivity contribution < 1.29 is 0 Å². The van der Waals surface area contributed by atoms with Crippen LogP contribution < -0.4 is 16.1 Å². The number of aryl methyl sites for hydroxylation is 1. The molecule has 2 aromatic heterocycles. The molecule has 5 heteroatoms. The molecule has 4 aromatic rings. The Morgan fingerprint density at radius 1 is 1.00 bits per heavy atom. The van der Waals surface area contributed by atoms with Crippen molar-refractivity contribution >= 4 is 12.7 Å². The van der Waals surface area contributed by atoms with Crippen LogP contribution in [0.1, 0.15) is 11.3 Å². The summed E-state index contributed by atoms with van der Waals surface area (Å²) in [5.74, 6) is 0. The van der Waals surface area contributed by atoms with Crippen LogP contribution in [-0.4, -0.2) is 19.6 Å². The zero-order valence-electron chi connectivity index (χ0n) is 14.4. The van der Waals surface area contributed by atoms with Gasteiger partial charge in [-0.1, -0.05) is 43.0 Å². The zero-order chi connectivity index (χ0) is 18.1. The molecule has 2 aromatic carbocycles. The first-order valence-corrected chi connectivity index (χ1v) is 8.32. The van der Waals surface area contributed by atoms with Crippen LogP contribution in [0, 0.1) is 6.92 Å². The van der Waals surface area contributed by atoms with Gasteiger partial charge in [-0.05, 0) is 37.3 Å². The highest BCUT2D eigenvalue weighted by molar-refractivity contribution is 5.52. The number of H-pyrrole nitrogens is 1. The summed E-state index contributed by atoms with van der Waals surface area (Å²) in [6, 6.07) is 19.3. The fourth-order valence-corrected chi connectivity index (χ4v) is 2.89. The van der Waals surface area contributed by atoms with Crippen molar-refractivity contribution in [2.75, 3.05) is 0 Å². The molecule has 0 saturated carbocycles. The van der Waals surface area contributed by atoms with Crippen molar-refractivity contribution in [1.82, 2.24) is 19.6 Å². The fourth-order valence-electron chi connectivity index (χ4n) is 2.89. The lowest BCUT2D eigenvalue weighted by Crippen LogP contribution is -2.34. The highest BCUT2D eigenvalue weighted by atomic mass is 16.1. The van der Waals surface area contributed by atoms with E-state index in [0.29, 0.717) is 10.6 Å². The molecule has 5 nitrogen and oxygen atoms in total. The number of nitrogens with zero attached hydrogens (tertiary/aromatic N) is 3. The SMILES string of the molecule is C=c1[nH]n(-c2ccccc2)c(=O)/c1=C\c1cn(-c2ccccc2)nc1C. The predicted octanol–water partition coefficient (Wildman–Crippen LogP) is 1.90. The van der Waals surface area contributed by atoms with E-state index in [4.69, 9.17) is 0 Å². The highest BCUT2D eigenvalue weighted by Crippen LogP contribution is 2.12. The summed E-state index contributed by atoms with van der Waals surface area (Å²) in [5.41, 5.74) is 3.35. The van der Waals surface area contributed by atoms with E-state index in [-0.39, 0.29) is 5.56 Å². The lowest BCUT2D eigenvalue weighted by molar-refractivity contribution is 0.838. The second-order valence-corrected chi connectivity index (χ2v) is 6.07. The van der Waals surface area contributed by atoms with Crippen LogP contribution in [0.2, 0.25) is 0 Å². The Hall–Kier alpha value is -3.60. The molecule has 26 heavy (non-hydrogen) atoms. The maximum Gasteiger partial charge on any atom is 0.279 e. The van der Waals surface area contributed by atoms with E-state index in [2.05, 4.69) is 16.8 Å². The third-order valence-electron chi connectivity index (χ3n) is 4.28. The van der Waals surface area contributed by atoms with Gasteiger partial charge in [0, 0.05) is 11.8 Å². The van der Waals surface area contributed by atoms with Crippen molar-refractivity contribution in [2.45, 2.75) is 6.92 Å². The Morgan fingerprint density at radius 2 is 1.62 bits per heavy atom. The quantitative estimate of drug-likeness (QED) is 0.618. The first kappa shape index (κ1) is 15.9. The molecule has 0 saturated heterocycles. The molecule has 0 aliphatic carbocycles. The molecular formula is C21H18N4O.